The first-order chi connectivity index (χ1) is 8.43. The molecule has 1 atom stereocenters. The third kappa shape index (κ3) is 3.28. The van der Waals surface area contributed by atoms with Gasteiger partial charge in [0.15, 0.2) is 0 Å². The molecule has 0 radical (unpaired) electrons. The number of hydrogen-bond acceptors (Lipinski definition) is 3. The van der Waals surface area contributed by atoms with Crippen LogP contribution in [0, 0.1) is 13.8 Å². The van der Waals surface area contributed by atoms with Crippen LogP contribution in [0.4, 0.5) is 0 Å². The molecule has 4 nitrogen and oxygen atoms in total. The van der Waals surface area contributed by atoms with E-state index in [9.17, 15) is 8.42 Å². The van der Waals surface area contributed by atoms with Gasteiger partial charge in [-0.25, -0.2) is 8.42 Å². The maximum atomic E-state index is 12.6. The Morgan fingerprint density at radius 1 is 1.26 bits per heavy atom. The predicted octanol–water partition coefficient (Wildman–Crippen LogP) is 1.71. The summed E-state index contributed by atoms with van der Waals surface area (Å²) in [6, 6.07) is 5.34. The van der Waals surface area contributed by atoms with Crippen LogP contribution in [0.2, 0.25) is 0 Å². The molecular weight excluding hydrogens is 284 g/mol. The monoisotopic (exact) mass is 304 g/mol. The predicted molar refractivity (Wildman–Crippen MR) is 79.4 cm³/mol. The molecule has 0 spiro atoms. The quantitative estimate of drug-likeness (QED) is 0.905. The Bertz CT molecular complexity index is 546. The SMILES string of the molecule is Cc1ccc(S(=O)(=O)N2CCNCC2C)cc1C.Cl. The number of benzene rings is 1. The zero-order valence-electron chi connectivity index (χ0n) is 11.5. The summed E-state index contributed by atoms with van der Waals surface area (Å²) in [5.41, 5.74) is 2.13. The van der Waals surface area contributed by atoms with Crippen LogP contribution in [0.3, 0.4) is 0 Å². The first kappa shape index (κ1) is 16.4. The first-order valence-corrected chi connectivity index (χ1v) is 7.67. The van der Waals surface area contributed by atoms with Gasteiger partial charge in [0.05, 0.1) is 4.90 Å². The summed E-state index contributed by atoms with van der Waals surface area (Å²) in [6.07, 6.45) is 0. The van der Waals surface area contributed by atoms with Gasteiger partial charge in [0.25, 0.3) is 0 Å². The van der Waals surface area contributed by atoms with Crippen molar-refractivity contribution in [2.45, 2.75) is 31.7 Å². The summed E-state index contributed by atoms with van der Waals surface area (Å²) in [5.74, 6) is 0. The third-order valence-corrected chi connectivity index (χ3v) is 5.53. The van der Waals surface area contributed by atoms with Crippen molar-refractivity contribution < 1.29 is 8.42 Å². The molecule has 1 saturated heterocycles. The molecule has 1 fully saturated rings. The second-order valence-electron chi connectivity index (χ2n) is 4.91. The Hall–Kier alpha value is -0.620. The summed E-state index contributed by atoms with van der Waals surface area (Å²) < 4.78 is 26.7. The lowest BCUT2D eigenvalue weighted by Gasteiger charge is -2.32. The minimum Gasteiger partial charge on any atom is -0.314 e. The average Bonchev–Trinajstić information content (AvgIpc) is 2.33. The summed E-state index contributed by atoms with van der Waals surface area (Å²) >= 11 is 0. The van der Waals surface area contributed by atoms with E-state index in [1.54, 1.807) is 16.4 Å². The maximum absolute atomic E-state index is 12.6. The number of hydrogen-bond donors (Lipinski definition) is 1. The number of nitrogens with one attached hydrogen (secondary N) is 1. The average molecular weight is 305 g/mol. The van der Waals surface area contributed by atoms with E-state index in [1.165, 1.54) is 0 Å². The van der Waals surface area contributed by atoms with Gasteiger partial charge in [-0.2, -0.15) is 4.31 Å². The highest BCUT2D eigenvalue weighted by atomic mass is 35.5. The molecule has 1 N–H and O–H groups in total. The summed E-state index contributed by atoms with van der Waals surface area (Å²) in [4.78, 5) is 0.402. The Balaban J connectivity index is 0.00000180. The minimum atomic E-state index is -3.36. The minimum absolute atomic E-state index is 0. The van der Waals surface area contributed by atoms with Gasteiger partial charge in [0.1, 0.15) is 0 Å². The van der Waals surface area contributed by atoms with Crippen molar-refractivity contribution in [3.63, 3.8) is 0 Å². The van der Waals surface area contributed by atoms with Gasteiger partial charge in [-0.1, -0.05) is 6.07 Å². The molecule has 19 heavy (non-hydrogen) atoms. The molecule has 0 saturated carbocycles. The standard InChI is InChI=1S/C13H20N2O2S.ClH/c1-10-4-5-13(8-11(10)2)18(16,17)15-7-6-14-9-12(15)3;/h4-5,8,12,14H,6-7,9H2,1-3H3;1H. The molecule has 2 rings (SSSR count). The van der Waals surface area contributed by atoms with Crippen LogP contribution in [-0.4, -0.2) is 38.4 Å². The molecule has 1 aromatic rings. The summed E-state index contributed by atoms with van der Waals surface area (Å²) in [6.45, 7) is 7.83. The van der Waals surface area contributed by atoms with Crippen molar-refractivity contribution in [2.75, 3.05) is 19.6 Å². The molecule has 0 aromatic heterocycles. The van der Waals surface area contributed by atoms with Gasteiger partial charge in [0.2, 0.25) is 10.0 Å². The third-order valence-electron chi connectivity index (χ3n) is 3.53. The number of nitrogens with zero attached hydrogens (tertiary/aromatic N) is 1. The Morgan fingerprint density at radius 3 is 2.53 bits per heavy atom. The van der Waals surface area contributed by atoms with Gasteiger partial charge in [-0.05, 0) is 44.0 Å². The van der Waals surface area contributed by atoms with Gasteiger partial charge in [0, 0.05) is 25.7 Å². The van der Waals surface area contributed by atoms with E-state index in [0.29, 0.717) is 24.5 Å². The molecule has 0 aliphatic carbocycles. The van der Waals surface area contributed by atoms with Gasteiger partial charge >= 0.3 is 0 Å². The highest BCUT2D eigenvalue weighted by Crippen LogP contribution is 2.21. The maximum Gasteiger partial charge on any atom is 0.243 e. The van der Waals surface area contributed by atoms with Crippen molar-refractivity contribution in [2.24, 2.45) is 0 Å². The largest absolute Gasteiger partial charge is 0.314 e. The normalized spacial score (nSPS) is 20.9. The zero-order chi connectivity index (χ0) is 13.3. The highest BCUT2D eigenvalue weighted by Gasteiger charge is 2.30. The van der Waals surface area contributed by atoms with E-state index in [2.05, 4.69) is 5.32 Å². The van der Waals surface area contributed by atoms with Crippen LogP contribution in [0.15, 0.2) is 23.1 Å². The number of piperazine rings is 1. The van der Waals surface area contributed by atoms with Crippen LogP contribution in [-0.2, 0) is 10.0 Å². The molecule has 1 heterocycles. The molecule has 1 aliphatic heterocycles. The van der Waals surface area contributed by atoms with Crippen LogP contribution in [0.1, 0.15) is 18.1 Å². The van der Waals surface area contributed by atoms with Crippen LogP contribution in [0.5, 0.6) is 0 Å². The smallest absolute Gasteiger partial charge is 0.243 e. The Kier molecular flexibility index (Phi) is 5.38. The fourth-order valence-corrected chi connectivity index (χ4v) is 3.91. The topological polar surface area (TPSA) is 49.4 Å². The molecule has 6 heteroatoms. The molecular formula is C13H21ClN2O2S. The number of sulfonamides is 1. The Labute approximate surface area is 121 Å². The van der Waals surface area contributed by atoms with Crippen LogP contribution >= 0.6 is 12.4 Å². The van der Waals surface area contributed by atoms with E-state index >= 15 is 0 Å². The molecule has 1 aliphatic rings. The lowest BCUT2D eigenvalue weighted by atomic mass is 10.1. The van der Waals surface area contributed by atoms with E-state index in [4.69, 9.17) is 0 Å². The lowest BCUT2D eigenvalue weighted by Crippen LogP contribution is -2.52. The van der Waals surface area contributed by atoms with E-state index in [0.717, 1.165) is 11.1 Å². The molecule has 0 bridgehead atoms. The van der Waals surface area contributed by atoms with Crippen molar-refractivity contribution in [1.29, 1.82) is 0 Å². The van der Waals surface area contributed by atoms with Gasteiger partial charge in [-0.15, -0.1) is 12.4 Å². The first-order valence-electron chi connectivity index (χ1n) is 6.23. The second-order valence-corrected chi connectivity index (χ2v) is 6.81. The van der Waals surface area contributed by atoms with Crippen molar-refractivity contribution in [1.82, 2.24) is 9.62 Å². The lowest BCUT2D eigenvalue weighted by molar-refractivity contribution is 0.284. The number of aryl methyl sites for hydroxylation is 2. The molecule has 108 valence electrons. The number of rotatable bonds is 2. The van der Waals surface area contributed by atoms with Crippen molar-refractivity contribution >= 4 is 22.4 Å². The van der Waals surface area contributed by atoms with E-state index < -0.39 is 10.0 Å². The van der Waals surface area contributed by atoms with Gasteiger partial charge in [-0.3, -0.25) is 0 Å². The zero-order valence-corrected chi connectivity index (χ0v) is 13.1. The number of halogens is 1. The fraction of sp³-hybridized carbons (Fsp3) is 0.538. The molecule has 1 aromatic carbocycles. The van der Waals surface area contributed by atoms with Gasteiger partial charge < -0.3 is 5.32 Å². The second kappa shape index (κ2) is 6.22. The van der Waals surface area contributed by atoms with Crippen LogP contribution in [0.25, 0.3) is 0 Å². The van der Waals surface area contributed by atoms with Crippen LogP contribution < -0.4 is 5.32 Å². The van der Waals surface area contributed by atoms with E-state index in [1.807, 2.05) is 26.8 Å². The summed E-state index contributed by atoms with van der Waals surface area (Å²) in [5, 5.41) is 3.20. The summed E-state index contributed by atoms with van der Waals surface area (Å²) in [7, 11) is -3.36. The van der Waals surface area contributed by atoms with E-state index in [-0.39, 0.29) is 18.4 Å². The highest BCUT2D eigenvalue weighted by molar-refractivity contribution is 7.89. The van der Waals surface area contributed by atoms with Crippen molar-refractivity contribution in [3.8, 4) is 0 Å². The molecule has 1 unspecified atom stereocenters. The Morgan fingerprint density at radius 2 is 1.95 bits per heavy atom. The fourth-order valence-electron chi connectivity index (χ4n) is 2.19. The van der Waals surface area contributed by atoms with Crippen molar-refractivity contribution in [3.05, 3.63) is 29.3 Å². The molecule has 0 amide bonds.